The van der Waals surface area contributed by atoms with Gasteiger partial charge in [-0.05, 0) is 57.4 Å². The molecule has 2 heterocycles. The van der Waals surface area contributed by atoms with E-state index >= 15 is 0 Å². The Morgan fingerprint density at radius 2 is 2.03 bits per heavy atom. The number of hydrogen-bond donors (Lipinski definition) is 2. The summed E-state index contributed by atoms with van der Waals surface area (Å²) in [5.74, 6) is 0.539. The molecule has 36 heavy (non-hydrogen) atoms. The fourth-order valence-corrected chi connectivity index (χ4v) is 4.49. The Kier molecular flexibility index (Phi) is 7.74. The highest BCUT2D eigenvalue weighted by molar-refractivity contribution is 6.32. The number of amidine groups is 1. The highest BCUT2D eigenvalue weighted by Gasteiger charge is 2.27. The standard InChI is InChI=1S/C27H29ClN4O4/c1-4-6-19-20(24(29)32-13-11-17(12-14-32)27(33)34)7-5-8-21(19)25-30-26(36-31-25)18-9-10-23(22(28)15-18)35-16(2)3/h4-10,15-17,29H,11-14H2,1-3H3,(H,33,34)/b6-4-,29-24?. The van der Waals surface area contributed by atoms with Crippen LogP contribution in [0.3, 0.4) is 0 Å². The topological polar surface area (TPSA) is 113 Å². The maximum atomic E-state index is 11.3. The van der Waals surface area contributed by atoms with Gasteiger partial charge in [-0.1, -0.05) is 47.1 Å². The van der Waals surface area contributed by atoms with Crippen molar-refractivity contribution in [3.8, 4) is 28.6 Å². The summed E-state index contributed by atoms with van der Waals surface area (Å²) in [6, 6.07) is 11.0. The SMILES string of the molecule is C/C=C\c1c(C(=N)N2CCC(C(=O)O)CC2)cccc1-c1noc(-c2ccc(OC(C)C)c(Cl)c2)n1. The van der Waals surface area contributed by atoms with E-state index in [1.807, 2.05) is 62.1 Å². The van der Waals surface area contributed by atoms with Gasteiger partial charge in [-0.15, -0.1) is 0 Å². The number of benzene rings is 2. The first kappa shape index (κ1) is 25.4. The fraction of sp³-hybridized carbons (Fsp3) is 0.333. The van der Waals surface area contributed by atoms with Crippen LogP contribution in [0, 0.1) is 11.3 Å². The van der Waals surface area contributed by atoms with Crippen LogP contribution in [-0.2, 0) is 4.79 Å². The Bertz CT molecular complexity index is 1290. The van der Waals surface area contributed by atoms with Crippen LogP contribution in [0.15, 0.2) is 47.0 Å². The van der Waals surface area contributed by atoms with E-state index in [1.165, 1.54) is 0 Å². The molecular formula is C27H29ClN4O4. The van der Waals surface area contributed by atoms with Gasteiger partial charge >= 0.3 is 5.97 Å². The quantitative estimate of drug-likeness (QED) is 0.297. The average molecular weight is 509 g/mol. The molecular weight excluding hydrogens is 480 g/mol. The zero-order chi connectivity index (χ0) is 25.8. The van der Waals surface area contributed by atoms with E-state index in [4.69, 9.17) is 26.3 Å². The maximum absolute atomic E-state index is 11.3. The lowest BCUT2D eigenvalue weighted by atomic mass is 9.94. The molecule has 0 bridgehead atoms. The van der Waals surface area contributed by atoms with Crippen molar-refractivity contribution in [1.29, 1.82) is 5.41 Å². The number of rotatable bonds is 7. The average Bonchev–Trinajstić information content (AvgIpc) is 3.35. The van der Waals surface area contributed by atoms with E-state index < -0.39 is 5.97 Å². The largest absolute Gasteiger partial charge is 0.489 e. The number of hydrogen-bond acceptors (Lipinski definition) is 6. The van der Waals surface area contributed by atoms with Crippen molar-refractivity contribution in [3.63, 3.8) is 0 Å². The van der Waals surface area contributed by atoms with Gasteiger partial charge in [-0.3, -0.25) is 10.2 Å². The first-order chi connectivity index (χ1) is 17.3. The zero-order valence-electron chi connectivity index (χ0n) is 20.5. The van der Waals surface area contributed by atoms with Gasteiger partial charge in [0.2, 0.25) is 5.82 Å². The van der Waals surface area contributed by atoms with Gasteiger partial charge in [0.25, 0.3) is 5.89 Å². The summed E-state index contributed by atoms with van der Waals surface area (Å²) in [5.41, 5.74) is 2.93. The minimum atomic E-state index is -0.769. The van der Waals surface area contributed by atoms with Crippen LogP contribution in [0.4, 0.5) is 0 Å². The second kappa shape index (κ2) is 11.0. The molecule has 2 N–H and O–H groups in total. The number of allylic oxidation sites excluding steroid dienone is 1. The van der Waals surface area contributed by atoms with Crippen molar-refractivity contribution in [2.75, 3.05) is 13.1 Å². The minimum Gasteiger partial charge on any atom is -0.489 e. The number of carboxylic acids is 1. The Labute approximate surface area is 215 Å². The third-order valence-corrected chi connectivity index (χ3v) is 6.36. The molecule has 0 saturated carbocycles. The Morgan fingerprint density at radius 3 is 2.67 bits per heavy atom. The number of piperidine rings is 1. The summed E-state index contributed by atoms with van der Waals surface area (Å²) in [7, 11) is 0. The van der Waals surface area contributed by atoms with Crippen molar-refractivity contribution in [2.45, 2.75) is 39.7 Å². The Morgan fingerprint density at radius 1 is 1.28 bits per heavy atom. The van der Waals surface area contributed by atoms with Gasteiger partial charge in [-0.2, -0.15) is 4.98 Å². The number of likely N-dealkylation sites (tertiary alicyclic amines) is 1. The van der Waals surface area contributed by atoms with E-state index in [0.29, 0.717) is 59.8 Å². The van der Waals surface area contributed by atoms with Crippen LogP contribution in [-0.4, -0.2) is 51.1 Å². The van der Waals surface area contributed by atoms with Crippen molar-refractivity contribution < 1.29 is 19.2 Å². The predicted molar refractivity (Wildman–Crippen MR) is 139 cm³/mol. The summed E-state index contributed by atoms with van der Waals surface area (Å²) in [6.45, 7) is 6.83. The van der Waals surface area contributed by atoms with Crippen LogP contribution in [0.1, 0.15) is 44.7 Å². The summed E-state index contributed by atoms with van der Waals surface area (Å²) in [5, 5.41) is 22.8. The molecule has 1 fully saturated rings. The molecule has 1 aromatic heterocycles. The lowest BCUT2D eigenvalue weighted by Crippen LogP contribution is -2.40. The van der Waals surface area contributed by atoms with E-state index in [1.54, 1.807) is 12.1 Å². The van der Waals surface area contributed by atoms with Gasteiger partial charge < -0.3 is 19.3 Å². The highest BCUT2D eigenvalue weighted by atomic mass is 35.5. The Hall–Kier alpha value is -3.65. The molecule has 4 rings (SSSR count). The van der Waals surface area contributed by atoms with Gasteiger partial charge in [0.15, 0.2) is 0 Å². The van der Waals surface area contributed by atoms with Gasteiger partial charge in [-0.25, -0.2) is 0 Å². The van der Waals surface area contributed by atoms with Crippen LogP contribution in [0.25, 0.3) is 28.9 Å². The molecule has 0 atom stereocenters. The Balaban J connectivity index is 1.63. The van der Waals surface area contributed by atoms with E-state index in [0.717, 1.165) is 16.7 Å². The first-order valence-electron chi connectivity index (χ1n) is 11.9. The minimum absolute atomic E-state index is 0.00272. The zero-order valence-corrected chi connectivity index (χ0v) is 21.2. The third-order valence-electron chi connectivity index (χ3n) is 6.06. The molecule has 0 spiro atoms. The molecule has 1 aliphatic heterocycles. The molecule has 0 aliphatic carbocycles. The summed E-state index contributed by atoms with van der Waals surface area (Å²) in [4.78, 5) is 17.8. The van der Waals surface area contributed by atoms with E-state index in [2.05, 4.69) is 10.1 Å². The highest BCUT2D eigenvalue weighted by Crippen LogP contribution is 2.33. The van der Waals surface area contributed by atoms with Gasteiger partial charge in [0.05, 0.1) is 17.0 Å². The molecule has 0 unspecified atom stereocenters. The molecule has 1 saturated heterocycles. The van der Waals surface area contributed by atoms with Crippen molar-refractivity contribution in [3.05, 3.63) is 58.6 Å². The molecule has 188 valence electrons. The van der Waals surface area contributed by atoms with Crippen molar-refractivity contribution in [1.82, 2.24) is 15.0 Å². The van der Waals surface area contributed by atoms with Gasteiger partial charge in [0, 0.05) is 29.8 Å². The first-order valence-corrected chi connectivity index (χ1v) is 12.3. The van der Waals surface area contributed by atoms with E-state index in [-0.39, 0.29) is 12.0 Å². The molecule has 1 aliphatic rings. The predicted octanol–water partition coefficient (Wildman–Crippen LogP) is 6.00. The maximum Gasteiger partial charge on any atom is 0.306 e. The summed E-state index contributed by atoms with van der Waals surface area (Å²) in [6.07, 6.45) is 4.87. The third kappa shape index (κ3) is 5.44. The molecule has 9 heteroatoms. The number of carbonyl (C=O) groups is 1. The van der Waals surface area contributed by atoms with Crippen LogP contribution >= 0.6 is 11.6 Å². The lowest BCUT2D eigenvalue weighted by Gasteiger charge is -2.32. The second-order valence-corrected chi connectivity index (χ2v) is 9.36. The number of aliphatic carboxylic acids is 1. The van der Waals surface area contributed by atoms with E-state index in [9.17, 15) is 9.90 Å². The lowest BCUT2D eigenvalue weighted by molar-refractivity contribution is -0.143. The number of aromatic nitrogens is 2. The van der Waals surface area contributed by atoms with Crippen LogP contribution < -0.4 is 4.74 Å². The molecule has 2 aromatic carbocycles. The number of nitrogens with one attached hydrogen (secondary N) is 1. The second-order valence-electron chi connectivity index (χ2n) is 8.95. The summed E-state index contributed by atoms with van der Waals surface area (Å²) < 4.78 is 11.3. The van der Waals surface area contributed by atoms with Crippen LogP contribution in [0.2, 0.25) is 5.02 Å². The number of halogens is 1. The molecule has 0 amide bonds. The van der Waals surface area contributed by atoms with Crippen molar-refractivity contribution in [2.24, 2.45) is 5.92 Å². The molecule has 8 nitrogen and oxygen atoms in total. The van der Waals surface area contributed by atoms with Crippen LogP contribution in [0.5, 0.6) is 5.75 Å². The number of carboxylic acid groups (broad SMARTS) is 1. The van der Waals surface area contributed by atoms with Gasteiger partial charge in [0.1, 0.15) is 11.6 Å². The number of nitrogens with zero attached hydrogens (tertiary/aromatic N) is 3. The normalized spacial score (nSPS) is 14.5. The molecule has 3 aromatic rings. The summed E-state index contributed by atoms with van der Waals surface area (Å²) >= 11 is 6.38. The fourth-order valence-electron chi connectivity index (χ4n) is 4.27. The smallest absolute Gasteiger partial charge is 0.306 e. The molecule has 0 radical (unpaired) electrons. The van der Waals surface area contributed by atoms with Crippen molar-refractivity contribution >= 4 is 29.5 Å². The number of ether oxygens (including phenoxy) is 1. The monoisotopic (exact) mass is 508 g/mol.